The van der Waals surface area contributed by atoms with Gasteiger partial charge in [-0.1, -0.05) is 49.3 Å². The number of fused-ring (bicyclic) bond motifs is 2. The first-order valence-electron chi connectivity index (χ1n) is 17.0. The predicted octanol–water partition coefficient (Wildman–Crippen LogP) is 2.14. The molecule has 4 aliphatic rings. The highest BCUT2D eigenvalue weighted by Gasteiger charge is 2.63. The lowest BCUT2D eigenvalue weighted by Crippen LogP contribution is -2.58. The van der Waals surface area contributed by atoms with E-state index in [1.165, 1.54) is 6.20 Å². The highest BCUT2D eigenvalue weighted by molar-refractivity contribution is 5.82. The summed E-state index contributed by atoms with van der Waals surface area (Å²) in [6, 6.07) is 8.42. The molecule has 0 aliphatic carbocycles. The van der Waals surface area contributed by atoms with E-state index < -0.39 is 96.2 Å². The summed E-state index contributed by atoms with van der Waals surface area (Å²) in [5.41, 5.74) is 8.35. The number of hydrogen-bond acceptors (Lipinski definition) is 14. The first-order valence-corrected chi connectivity index (χ1v) is 17.0. The number of amides is 1. The molecule has 19 nitrogen and oxygen atoms in total. The highest BCUT2D eigenvalue weighted by Crippen LogP contribution is 2.47. The van der Waals surface area contributed by atoms with Crippen molar-refractivity contribution in [3.63, 3.8) is 0 Å². The fourth-order valence-corrected chi connectivity index (χ4v) is 6.96. The summed E-state index contributed by atoms with van der Waals surface area (Å²) in [7, 11) is 1.13. The summed E-state index contributed by atoms with van der Waals surface area (Å²) in [4.78, 5) is 56.9. The van der Waals surface area contributed by atoms with Crippen molar-refractivity contribution in [3.8, 4) is 0 Å². The van der Waals surface area contributed by atoms with Gasteiger partial charge in [-0.3, -0.25) is 14.3 Å². The summed E-state index contributed by atoms with van der Waals surface area (Å²) in [5.74, 6) is -3.14. The molecule has 19 heteroatoms. The minimum Gasteiger partial charge on any atom is -0.467 e. The van der Waals surface area contributed by atoms with Crippen LogP contribution in [0.2, 0.25) is 0 Å². The molecule has 6 rings (SSSR count). The number of aromatic nitrogens is 2. The van der Waals surface area contributed by atoms with Crippen LogP contribution in [0.15, 0.2) is 57.3 Å². The molecule has 0 radical (unpaired) electrons. The number of nitrogens with one attached hydrogen (secondary N) is 2. The Morgan fingerprint density at radius 2 is 1.73 bits per heavy atom. The van der Waals surface area contributed by atoms with Gasteiger partial charge in [-0.15, -0.1) is 0 Å². The van der Waals surface area contributed by atoms with E-state index in [0.717, 1.165) is 17.7 Å². The van der Waals surface area contributed by atoms with Crippen LogP contribution >= 0.6 is 0 Å². The molecule has 0 saturated carbocycles. The Bertz CT molecular complexity index is 1760. The van der Waals surface area contributed by atoms with Crippen molar-refractivity contribution in [1.82, 2.24) is 14.9 Å². The maximum absolute atomic E-state index is 13.6. The molecule has 1 amide bonds. The monoisotopic (exact) mass is 730 g/mol. The van der Waals surface area contributed by atoms with Gasteiger partial charge in [-0.05, 0) is 37.8 Å². The maximum atomic E-state index is 13.6. The van der Waals surface area contributed by atoms with Gasteiger partial charge < -0.3 is 47.9 Å². The lowest BCUT2D eigenvalue weighted by Gasteiger charge is -2.35. The van der Waals surface area contributed by atoms with E-state index >= 15 is 0 Å². The van der Waals surface area contributed by atoms with Crippen LogP contribution in [-0.2, 0) is 54.0 Å². The van der Waals surface area contributed by atoms with Crippen molar-refractivity contribution in [2.24, 2.45) is 5.11 Å². The number of hydrogen-bond donors (Lipinski definition) is 2. The fourth-order valence-electron chi connectivity index (χ4n) is 6.96. The zero-order valence-corrected chi connectivity index (χ0v) is 29.2. The molecule has 10 atom stereocenters. The second-order valence-electron chi connectivity index (χ2n) is 13.1. The Hall–Kier alpha value is -4.33. The molecule has 0 bridgehead atoms. The summed E-state index contributed by atoms with van der Waals surface area (Å²) < 4.78 is 56.2. The van der Waals surface area contributed by atoms with Gasteiger partial charge in [0.05, 0.1) is 19.8 Å². The molecule has 4 saturated heterocycles. The third-order valence-electron chi connectivity index (χ3n) is 9.45. The number of esters is 1. The zero-order valence-electron chi connectivity index (χ0n) is 29.2. The van der Waals surface area contributed by atoms with Gasteiger partial charge in [0, 0.05) is 17.2 Å². The normalized spacial score (nSPS) is 30.8. The first-order chi connectivity index (χ1) is 24.9. The van der Waals surface area contributed by atoms with E-state index in [4.69, 9.17) is 48.2 Å². The average Bonchev–Trinajstić information content (AvgIpc) is 3.86. The predicted molar refractivity (Wildman–Crippen MR) is 175 cm³/mol. The van der Waals surface area contributed by atoms with E-state index in [2.05, 4.69) is 20.3 Å². The second kappa shape index (κ2) is 15.3. The fraction of sp³-hybridized carbons (Fsp3) is 0.636. The van der Waals surface area contributed by atoms with Crippen molar-refractivity contribution < 1.29 is 52.2 Å². The second-order valence-corrected chi connectivity index (χ2v) is 13.1. The van der Waals surface area contributed by atoms with Gasteiger partial charge >= 0.3 is 17.8 Å². The third-order valence-corrected chi connectivity index (χ3v) is 9.45. The molecule has 0 unspecified atom stereocenters. The Morgan fingerprint density at radius 3 is 2.40 bits per heavy atom. The van der Waals surface area contributed by atoms with Crippen LogP contribution in [0.5, 0.6) is 0 Å². The maximum Gasteiger partial charge on any atom is 0.408 e. The van der Waals surface area contributed by atoms with E-state index in [1.807, 2.05) is 19.9 Å². The van der Waals surface area contributed by atoms with E-state index in [1.54, 1.807) is 38.1 Å². The number of aromatic amines is 1. The lowest BCUT2D eigenvalue weighted by atomic mass is 9.99. The highest BCUT2D eigenvalue weighted by atomic mass is 16.8. The minimum absolute atomic E-state index is 0.114. The van der Waals surface area contributed by atoms with E-state index in [-0.39, 0.29) is 13.2 Å². The molecule has 0 spiro atoms. The van der Waals surface area contributed by atoms with Crippen LogP contribution in [0.3, 0.4) is 0 Å². The molecule has 282 valence electrons. The standard InChI is InChI=1S/C33H42N6O13/c1-6-33(7-2)51-21-18(15-35-38-34)46-29(26(21)52-33)48-22(20(28(41)44-5)37-31(43)45-16-17-11-9-8-10-12-17)23-24-25(50-32(3,4)49-24)27(47-23)39-14-13-19(40)36-30(39)42/h8-14,18,20-27,29H,6-7,15-16H2,1-5H3,(H,37,43)(H,36,40,42)/t18-,20+,21-,22+,23-,24-,25-,26-,27-,29+/m1/s1. The van der Waals surface area contributed by atoms with Crippen molar-refractivity contribution in [3.05, 3.63) is 79.4 Å². The summed E-state index contributed by atoms with van der Waals surface area (Å²) >= 11 is 0. The summed E-state index contributed by atoms with van der Waals surface area (Å²) in [5, 5.41) is 6.24. The topological polar surface area (TPSA) is 233 Å². The average molecular weight is 731 g/mol. The van der Waals surface area contributed by atoms with Gasteiger partial charge in [0.25, 0.3) is 5.56 Å². The Kier molecular flexibility index (Phi) is 11.0. The summed E-state index contributed by atoms with van der Waals surface area (Å²) in [6.45, 7) is 6.88. The number of alkyl carbamates (subject to hydrolysis) is 1. The molecule has 4 aliphatic heterocycles. The SMILES string of the molecule is CCC1(CC)O[C@H]2[C@H](O[C@H]([C@H]3O[C@@H](n4ccc(=O)[nH]c4=O)[C@@H]4OC(C)(C)O[C@H]34)[C@H](NC(=O)OCc3ccccc3)C(=O)OC)O[C@H](CN=[N+]=[N-])[C@H]2O1. The molecule has 2 aromatic rings. The largest absolute Gasteiger partial charge is 0.467 e. The van der Waals surface area contributed by atoms with Crippen LogP contribution in [0.4, 0.5) is 4.79 Å². The van der Waals surface area contributed by atoms with Crippen molar-refractivity contribution in [2.45, 2.75) is 120 Å². The Morgan fingerprint density at radius 1 is 1.02 bits per heavy atom. The number of methoxy groups -OCH3 is 1. The molecular formula is C33H42N6O13. The Labute approximate surface area is 297 Å². The van der Waals surface area contributed by atoms with Crippen LogP contribution in [-0.4, -0.2) is 102 Å². The minimum atomic E-state index is -1.63. The molecule has 1 aromatic heterocycles. The van der Waals surface area contributed by atoms with Crippen molar-refractivity contribution in [2.75, 3.05) is 13.7 Å². The van der Waals surface area contributed by atoms with Crippen LogP contribution in [0.25, 0.3) is 10.4 Å². The zero-order chi connectivity index (χ0) is 37.2. The van der Waals surface area contributed by atoms with E-state index in [9.17, 15) is 19.2 Å². The molecular weight excluding hydrogens is 688 g/mol. The van der Waals surface area contributed by atoms with Crippen LogP contribution < -0.4 is 16.6 Å². The van der Waals surface area contributed by atoms with Gasteiger partial charge in [0.1, 0.15) is 43.2 Å². The molecule has 52 heavy (non-hydrogen) atoms. The first kappa shape index (κ1) is 37.4. The van der Waals surface area contributed by atoms with Gasteiger partial charge in [0.15, 0.2) is 30.1 Å². The number of benzene rings is 1. The number of azide groups is 1. The number of ether oxygens (including phenoxy) is 9. The number of nitrogens with zero attached hydrogens (tertiary/aromatic N) is 4. The number of H-pyrrole nitrogens is 1. The smallest absolute Gasteiger partial charge is 0.408 e. The summed E-state index contributed by atoms with van der Waals surface area (Å²) in [6.07, 6.45) is -8.39. The van der Waals surface area contributed by atoms with Crippen LogP contribution in [0.1, 0.15) is 52.3 Å². The molecule has 5 heterocycles. The van der Waals surface area contributed by atoms with Gasteiger partial charge in [-0.25, -0.2) is 14.4 Å². The molecule has 2 N–H and O–H groups in total. The number of rotatable bonds is 13. The Balaban J connectivity index is 1.38. The van der Waals surface area contributed by atoms with Gasteiger partial charge in [-0.2, -0.15) is 0 Å². The molecule has 4 fully saturated rings. The molecule has 1 aromatic carbocycles. The van der Waals surface area contributed by atoms with Crippen molar-refractivity contribution >= 4 is 12.1 Å². The quantitative estimate of drug-likeness (QED) is 0.130. The van der Waals surface area contributed by atoms with Crippen molar-refractivity contribution in [1.29, 1.82) is 0 Å². The lowest BCUT2D eigenvalue weighted by molar-refractivity contribution is -0.275. The number of carbonyl (C=O) groups is 2. The van der Waals surface area contributed by atoms with Gasteiger partial charge in [0.2, 0.25) is 0 Å². The number of carbonyl (C=O) groups excluding carboxylic acids is 2. The third kappa shape index (κ3) is 7.58. The van der Waals surface area contributed by atoms with E-state index in [0.29, 0.717) is 18.4 Å². The van der Waals surface area contributed by atoms with Crippen LogP contribution in [0, 0.1) is 0 Å².